The zero-order valence-corrected chi connectivity index (χ0v) is 14.3. The number of aromatic nitrogens is 1. The van der Waals surface area contributed by atoms with E-state index >= 15 is 0 Å². The number of allylic oxidation sites excluding steroid dienone is 1. The third-order valence-corrected chi connectivity index (χ3v) is 4.54. The van der Waals surface area contributed by atoms with Crippen molar-refractivity contribution in [3.63, 3.8) is 0 Å². The first-order chi connectivity index (χ1) is 12.1. The number of nitriles is 1. The highest BCUT2D eigenvalue weighted by Gasteiger charge is 2.11. The molecule has 1 heterocycles. The standard InChI is InChI=1S/C18H10ClN3O2S/c19-15-5-1-12(2-6-15)9-14(10-20)18-21-17(11-25-18)13-3-7-16(8-4-13)22(23)24/h1-9,11H/b14-9+. The summed E-state index contributed by atoms with van der Waals surface area (Å²) in [6.45, 7) is 0. The summed E-state index contributed by atoms with van der Waals surface area (Å²) in [4.78, 5) is 14.7. The van der Waals surface area contributed by atoms with E-state index in [0.29, 0.717) is 21.3 Å². The van der Waals surface area contributed by atoms with Crippen LogP contribution in [0.25, 0.3) is 22.9 Å². The maximum Gasteiger partial charge on any atom is 0.269 e. The van der Waals surface area contributed by atoms with Gasteiger partial charge in [0.2, 0.25) is 0 Å². The molecule has 0 N–H and O–H groups in total. The molecule has 0 aliphatic carbocycles. The van der Waals surface area contributed by atoms with Crippen molar-refractivity contribution in [3.8, 4) is 17.3 Å². The number of nitro benzene ring substituents is 1. The minimum Gasteiger partial charge on any atom is -0.258 e. The Hall–Kier alpha value is -3.01. The van der Waals surface area contributed by atoms with Crippen molar-refractivity contribution in [2.75, 3.05) is 0 Å². The van der Waals surface area contributed by atoms with Gasteiger partial charge in [-0.3, -0.25) is 10.1 Å². The fraction of sp³-hybridized carbons (Fsp3) is 0. The van der Waals surface area contributed by atoms with E-state index in [1.807, 2.05) is 17.5 Å². The number of halogens is 1. The number of non-ortho nitro benzene ring substituents is 1. The second-order valence-corrected chi connectivity index (χ2v) is 6.36. The second kappa shape index (κ2) is 7.26. The molecule has 3 aromatic rings. The number of thiazole rings is 1. The Balaban J connectivity index is 1.90. The largest absolute Gasteiger partial charge is 0.269 e. The summed E-state index contributed by atoms with van der Waals surface area (Å²) in [6, 6.07) is 15.5. The van der Waals surface area contributed by atoms with Crippen molar-refractivity contribution in [2.24, 2.45) is 0 Å². The molecule has 7 heteroatoms. The van der Waals surface area contributed by atoms with E-state index in [4.69, 9.17) is 11.6 Å². The van der Waals surface area contributed by atoms with Crippen LogP contribution in [0.2, 0.25) is 5.02 Å². The van der Waals surface area contributed by atoms with Crippen molar-refractivity contribution >= 4 is 40.3 Å². The van der Waals surface area contributed by atoms with Gasteiger partial charge in [-0.25, -0.2) is 4.98 Å². The van der Waals surface area contributed by atoms with Crippen molar-refractivity contribution in [3.05, 3.63) is 79.6 Å². The van der Waals surface area contributed by atoms with Gasteiger partial charge in [-0.2, -0.15) is 5.26 Å². The lowest BCUT2D eigenvalue weighted by Gasteiger charge is -1.97. The first kappa shape index (κ1) is 16.8. The van der Waals surface area contributed by atoms with Gasteiger partial charge in [-0.1, -0.05) is 23.7 Å². The molecule has 0 bridgehead atoms. The monoisotopic (exact) mass is 367 g/mol. The van der Waals surface area contributed by atoms with Crippen LogP contribution in [0.4, 0.5) is 5.69 Å². The molecule has 0 atom stereocenters. The zero-order valence-electron chi connectivity index (χ0n) is 12.7. The zero-order chi connectivity index (χ0) is 17.8. The predicted octanol–water partition coefficient (Wildman–Crippen LogP) is 5.44. The van der Waals surface area contributed by atoms with Crippen LogP contribution in [0, 0.1) is 21.4 Å². The van der Waals surface area contributed by atoms with Crippen molar-refractivity contribution in [1.29, 1.82) is 5.26 Å². The average Bonchev–Trinajstić information content (AvgIpc) is 3.11. The Kier molecular flexibility index (Phi) is 4.89. The maximum atomic E-state index is 10.7. The number of hydrogen-bond acceptors (Lipinski definition) is 5. The van der Waals surface area contributed by atoms with Gasteiger partial charge in [0.05, 0.1) is 16.2 Å². The molecule has 122 valence electrons. The van der Waals surface area contributed by atoms with Crippen LogP contribution in [0.5, 0.6) is 0 Å². The molecule has 0 radical (unpaired) electrons. The molecule has 0 unspecified atom stereocenters. The third-order valence-electron chi connectivity index (χ3n) is 3.41. The highest BCUT2D eigenvalue weighted by Crippen LogP contribution is 2.28. The van der Waals surface area contributed by atoms with Gasteiger partial charge in [-0.05, 0) is 35.9 Å². The molecule has 0 saturated heterocycles. The van der Waals surface area contributed by atoms with Gasteiger partial charge in [0.15, 0.2) is 0 Å². The fourth-order valence-electron chi connectivity index (χ4n) is 2.15. The minimum absolute atomic E-state index is 0.0274. The Labute approximate surface area is 152 Å². The lowest BCUT2D eigenvalue weighted by atomic mass is 10.1. The van der Waals surface area contributed by atoms with Crippen LogP contribution < -0.4 is 0 Å². The van der Waals surface area contributed by atoms with E-state index in [1.165, 1.54) is 23.5 Å². The molecule has 25 heavy (non-hydrogen) atoms. The van der Waals surface area contributed by atoms with E-state index in [2.05, 4.69) is 11.1 Å². The number of nitrogens with zero attached hydrogens (tertiary/aromatic N) is 3. The summed E-state index contributed by atoms with van der Waals surface area (Å²) in [7, 11) is 0. The van der Waals surface area contributed by atoms with Crippen molar-refractivity contribution < 1.29 is 4.92 Å². The quantitative estimate of drug-likeness (QED) is 0.349. The van der Waals surface area contributed by atoms with Crippen LogP contribution in [-0.2, 0) is 0 Å². The summed E-state index contributed by atoms with van der Waals surface area (Å²) in [5, 5.41) is 23.2. The molecule has 0 saturated carbocycles. The summed E-state index contributed by atoms with van der Waals surface area (Å²) in [6.07, 6.45) is 1.74. The number of benzene rings is 2. The summed E-state index contributed by atoms with van der Waals surface area (Å²) in [5.41, 5.74) is 2.76. The van der Waals surface area contributed by atoms with Crippen molar-refractivity contribution in [1.82, 2.24) is 4.98 Å². The van der Waals surface area contributed by atoms with Gasteiger partial charge in [0.25, 0.3) is 5.69 Å². The normalized spacial score (nSPS) is 11.1. The summed E-state index contributed by atoms with van der Waals surface area (Å²) >= 11 is 7.21. The average molecular weight is 368 g/mol. The van der Waals surface area contributed by atoms with Crippen LogP contribution in [-0.4, -0.2) is 9.91 Å². The first-order valence-corrected chi connectivity index (χ1v) is 8.40. The molecule has 3 rings (SSSR count). The topological polar surface area (TPSA) is 79.8 Å². The number of rotatable bonds is 4. The van der Waals surface area contributed by atoms with Gasteiger partial charge in [0, 0.05) is 28.1 Å². The van der Waals surface area contributed by atoms with E-state index < -0.39 is 4.92 Å². The van der Waals surface area contributed by atoms with E-state index in [0.717, 1.165) is 11.1 Å². The molecular formula is C18H10ClN3O2S. The molecule has 0 aliphatic rings. The SMILES string of the molecule is N#C/C(=C\c1ccc(Cl)cc1)c1nc(-c2ccc([N+](=O)[O-])cc2)cs1. The molecule has 0 spiro atoms. The van der Waals surface area contributed by atoms with Gasteiger partial charge < -0.3 is 0 Å². The summed E-state index contributed by atoms with van der Waals surface area (Å²) < 4.78 is 0. The maximum absolute atomic E-state index is 10.7. The van der Waals surface area contributed by atoms with Crippen LogP contribution in [0.15, 0.2) is 53.9 Å². The first-order valence-electron chi connectivity index (χ1n) is 7.15. The Morgan fingerprint density at radius 3 is 2.48 bits per heavy atom. The van der Waals surface area contributed by atoms with E-state index in [-0.39, 0.29) is 5.69 Å². The predicted molar refractivity (Wildman–Crippen MR) is 99.1 cm³/mol. The molecule has 1 aromatic heterocycles. The summed E-state index contributed by atoms with van der Waals surface area (Å²) in [5.74, 6) is 0. The van der Waals surface area contributed by atoms with Gasteiger partial charge in [0.1, 0.15) is 11.1 Å². The minimum atomic E-state index is -0.446. The highest BCUT2D eigenvalue weighted by atomic mass is 35.5. The third kappa shape index (κ3) is 3.91. The van der Waals surface area contributed by atoms with E-state index in [9.17, 15) is 15.4 Å². The second-order valence-electron chi connectivity index (χ2n) is 5.06. The van der Waals surface area contributed by atoms with Gasteiger partial charge >= 0.3 is 0 Å². The van der Waals surface area contributed by atoms with Crippen LogP contribution >= 0.6 is 22.9 Å². The molecular weight excluding hydrogens is 358 g/mol. The smallest absolute Gasteiger partial charge is 0.258 e. The fourth-order valence-corrected chi connectivity index (χ4v) is 3.07. The number of nitro groups is 1. The molecule has 0 aliphatic heterocycles. The molecule has 2 aromatic carbocycles. The van der Waals surface area contributed by atoms with Crippen LogP contribution in [0.3, 0.4) is 0 Å². The number of hydrogen-bond donors (Lipinski definition) is 0. The molecule has 5 nitrogen and oxygen atoms in total. The Morgan fingerprint density at radius 2 is 1.88 bits per heavy atom. The lowest BCUT2D eigenvalue weighted by Crippen LogP contribution is -1.87. The lowest BCUT2D eigenvalue weighted by molar-refractivity contribution is -0.384. The molecule has 0 amide bonds. The Bertz CT molecular complexity index is 986. The van der Waals surface area contributed by atoms with E-state index in [1.54, 1.807) is 30.3 Å². The highest BCUT2D eigenvalue weighted by molar-refractivity contribution is 7.11. The van der Waals surface area contributed by atoms with Crippen LogP contribution in [0.1, 0.15) is 10.6 Å². The Morgan fingerprint density at radius 1 is 1.20 bits per heavy atom. The van der Waals surface area contributed by atoms with Crippen molar-refractivity contribution in [2.45, 2.75) is 0 Å². The van der Waals surface area contributed by atoms with Gasteiger partial charge in [-0.15, -0.1) is 11.3 Å². The molecule has 0 fully saturated rings.